The van der Waals surface area contributed by atoms with Gasteiger partial charge in [0, 0.05) is 27.2 Å². The van der Waals surface area contributed by atoms with Crippen molar-refractivity contribution in [2.75, 3.05) is 32.2 Å². The second kappa shape index (κ2) is 22.3. The zero-order chi connectivity index (χ0) is 40.8. The Hall–Kier alpha value is -2.10. The fraction of sp³-hybridized carbons (Fsp3) is 0.714. The van der Waals surface area contributed by atoms with Gasteiger partial charge in [-0.25, -0.2) is 5.01 Å². The van der Waals surface area contributed by atoms with Gasteiger partial charge in [0.05, 0.1) is 5.69 Å². The zero-order valence-corrected chi connectivity index (χ0v) is 38.3. The van der Waals surface area contributed by atoms with Crippen molar-refractivity contribution < 1.29 is 0 Å². The largest absolute Gasteiger partial charge is 0.327 e. The molecular formula is C49H89N3. The predicted molar refractivity (Wildman–Crippen MR) is 239 cm³/mol. The molecular weight excluding hydrogens is 631 g/mol. The second-order valence-electron chi connectivity index (χ2n) is 20.2. The van der Waals surface area contributed by atoms with Crippen LogP contribution >= 0.6 is 0 Å². The number of hydrazine groups is 1. The van der Waals surface area contributed by atoms with Crippen LogP contribution < -0.4 is 10.7 Å². The molecule has 1 aromatic carbocycles. The summed E-state index contributed by atoms with van der Waals surface area (Å²) in [7, 11) is 4.36. The van der Waals surface area contributed by atoms with Gasteiger partial charge in [-0.1, -0.05) is 173 Å². The molecule has 0 heterocycles. The maximum atomic E-state index is 5.85. The summed E-state index contributed by atoms with van der Waals surface area (Å²) in [5.41, 5.74) is 14.8. The topological polar surface area (TPSA) is 32.5 Å². The van der Waals surface area contributed by atoms with E-state index in [1.165, 1.54) is 40.8 Å². The fourth-order valence-electron chi connectivity index (χ4n) is 6.15. The van der Waals surface area contributed by atoms with Crippen LogP contribution in [-0.2, 0) is 5.41 Å². The van der Waals surface area contributed by atoms with E-state index < -0.39 is 0 Å². The van der Waals surface area contributed by atoms with Crippen LogP contribution in [0.4, 0.5) is 5.69 Å². The SMILES string of the molecule is C=CCC(C/C(=C\CC(C)(C)C)CN)C(C)C.C=Cc1c(C(C)C)cc(N(C)N(C)C/C=C(/C(C)C)C(C)C(C)(C)C)cc1C(C)(C)C.CC1CC1. The van der Waals surface area contributed by atoms with Crippen molar-refractivity contribution in [1.29, 1.82) is 0 Å². The van der Waals surface area contributed by atoms with Crippen LogP contribution in [0.15, 0.2) is 54.7 Å². The highest BCUT2D eigenvalue weighted by atomic mass is 15.6. The Labute approximate surface area is 326 Å². The van der Waals surface area contributed by atoms with Gasteiger partial charge in [-0.05, 0) is 99.8 Å². The Bertz CT molecular complexity index is 1250. The lowest BCUT2D eigenvalue weighted by Crippen LogP contribution is -2.37. The van der Waals surface area contributed by atoms with E-state index in [0.29, 0.717) is 41.5 Å². The van der Waals surface area contributed by atoms with Crippen molar-refractivity contribution in [1.82, 2.24) is 5.01 Å². The lowest BCUT2D eigenvalue weighted by atomic mass is 9.74. The van der Waals surface area contributed by atoms with Crippen LogP contribution in [0.3, 0.4) is 0 Å². The first-order valence-electron chi connectivity index (χ1n) is 20.7. The van der Waals surface area contributed by atoms with E-state index in [1.807, 2.05) is 12.2 Å². The lowest BCUT2D eigenvalue weighted by Gasteiger charge is -2.35. The molecule has 3 nitrogen and oxygen atoms in total. The average molecular weight is 720 g/mol. The van der Waals surface area contributed by atoms with Crippen LogP contribution in [0.5, 0.6) is 0 Å². The standard InChI is InChI=1S/C29H50N2.C16H31N.C4H8/c1-15-24-26(21(4)5)18-23(19-27(24)29(10,11)12)31(14)30(13)17-16-25(20(2)3)22(6)28(7,8)9;1-7-8-15(13(2)3)11-14(12-17)9-10-16(4,5)6;1-4-2-3-4/h15-16,18-22H,1,17H2,2-14H3;7,9,13,15H,1,8,10-12,17H2,2-6H3;4H,2-3H2,1H3/b25-16-;14-9+;. The number of benzene rings is 1. The Balaban J connectivity index is 0.00000103. The van der Waals surface area contributed by atoms with Crippen LogP contribution in [-0.4, -0.2) is 32.2 Å². The summed E-state index contributed by atoms with van der Waals surface area (Å²) < 4.78 is 0. The monoisotopic (exact) mass is 720 g/mol. The van der Waals surface area contributed by atoms with Crippen LogP contribution in [0.25, 0.3) is 6.08 Å². The van der Waals surface area contributed by atoms with E-state index in [1.54, 1.807) is 5.57 Å². The van der Waals surface area contributed by atoms with E-state index in [4.69, 9.17) is 5.73 Å². The smallest absolute Gasteiger partial charge is 0.0525 e. The van der Waals surface area contributed by atoms with Crippen molar-refractivity contribution in [3.05, 3.63) is 71.4 Å². The summed E-state index contributed by atoms with van der Waals surface area (Å²) in [6, 6.07) is 4.70. The highest BCUT2D eigenvalue weighted by Gasteiger charge is 2.26. The molecule has 0 aliphatic heterocycles. The molecule has 2 unspecified atom stereocenters. The highest BCUT2D eigenvalue weighted by molar-refractivity contribution is 5.65. The van der Waals surface area contributed by atoms with E-state index in [9.17, 15) is 0 Å². The summed E-state index contributed by atoms with van der Waals surface area (Å²) in [4.78, 5) is 0. The van der Waals surface area contributed by atoms with Gasteiger partial charge in [-0.15, -0.1) is 6.58 Å². The molecule has 0 spiro atoms. The maximum Gasteiger partial charge on any atom is 0.0525 e. The van der Waals surface area contributed by atoms with Gasteiger partial charge in [0.1, 0.15) is 0 Å². The first-order valence-corrected chi connectivity index (χ1v) is 20.7. The summed E-state index contributed by atoms with van der Waals surface area (Å²) in [6.45, 7) is 48.6. The first-order chi connectivity index (χ1) is 23.7. The molecule has 1 aliphatic carbocycles. The molecule has 3 heteroatoms. The molecule has 52 heavy (non-hydrogen) atoms. The number of anilines is 1. The lowest BCUT2D eigenvalue weighted by molar-refractivity contribution is 0.282. The minimum atomic E-state index is 0.0649. The van der Waals surface area contributed by atoms with Gasteiger partial charge in [-0.2, -0.15) is 0 Å². The van der Waals surface area contributed by atoms with Gasteiger partial charge in [0.15, 0.2) is 0 Å². The Morgan fingerprint density at radius 1 is 0.885 bits per heavy atom. The summed E-state index contributed by atoms with van der Waals surface area (Å²) in [5, 5.41) is 4.61. The third-order valence-corrected chi connectivity index (χ3v) is 10.8. The number of nitrogens with two attached hydrogens (primary N) is 1. The number of hydrogen-bond acceptors (Lipinski definition) is 3. The van der Waals surface area contributed by atoms with Crippen molar-refractivity contribution >= 4 is 11.8 Å². The third-order valence-electron chi connectivity index (χ3n) is 10.8. The molecule has 0 radical (unpaired) electrons. The molecule has 2 rings (SSSR count). The normalized spacial score (nSPS) is 15.6. The van der Waals surface area contributed by atoms with Crippen LogP contribution in [0.2, 0.25) is 0 Å². The maximum absolute atomic E-state index is 5.85. The molecule has 2 N–H and O–H groups in total. The van der Waals surface area contributed by atoms with Gasteiger partial charge in [0.2, 0.25) is 0 Å². The van der Waals surface area contributed by atoms with Crippen LogP contribution in [0, 0.1) is 40.4 Å². The van der Waals surface area contributed by atoms with Crippen molar-refractivity contribution in [3.63, 3.8) is 0 Å². The van der Waals surface area contributed by atoms with Gasteiger partial charge in [0.25, 0.3) is 0 Å². The van der Waals surface area contributed by atoms with Crippen molar-refractivity contribution in [3.8, 4) is 0 Å². The second-order valence-corrected chi connectivity index (χ2v) is 20.2. The van der Waals surface area contributed by atoms with E-state index in [0.717, 1.165) is 31.7 Å². The number of rotatable bonds is 15. The quantitative estimate of drug-likeness (QED) is 0.145. The summed E-state index contributed by atoms with van der Waals surface area (Å²) in [6.07, 6.45) is 15.2. The van der Waals surface area contributed by atoms with Gasteiger partial charge in [-0.3, -0.25) is 0 Å². The molecule has 1 aromatic rings. The number of nitrogens with zero attached hydrogens (tertiary/aromatic N) is 2. The first kappa shape index (κ1) is 49.9. The van der Waals surface area contributed by atoms with Gasteiger partial charge < -0.3 is 10.7 Å². The summed E-state index contributed by atoms with van der Waals surface area (Å²) >= 11 is 0. The third kappa shape index (κ3) is 18.8. The van der Waals surface area contributed by atoms with E-state index in [2.05, 4.69) is 179 Å². The average Bonchev–Trinajstić information content (AvgIpc) is 3.82. The fourth-order valence-corrected chi connectivity index (χ4v) is 6.15. The van der Waals surface area contributed by atoms with Gasteiger partial charge >= 0.3 is 0 Å². The molecule has 1 fully saturated rings. The number of allylic oxidation sites excluding steroid dienone is 3. The molecule has 1 aliphatic rings. The minimum Gasteiger partial charge on any atom is -0.327 e. The van der Waals surface area contributed by atoms with E-state index >= 15 is 0 Å². The minimum absolute atomic E-state index is 0.0649. The number of hydrogen-bond donors (Lipinski definition) is 1. The molecule has 0 bridgehead atoms. The predicted octanol–water partition coefficient (Wildman–Crippen LogP) is 14.3. The highest BCUT2D eigenvalue weighted by Crippen LogP contribution is 2.37. The zero-order valence-electron chi connectivity index (χ0n) is 38.3. The molecule has 300 valence electrons. The molecule has 0 aromatic heterocycles. The van der Waals surface area contributed by atoms with Crippen molar-refractivity contribution in [2.24, 2.45) is 46.2 Å². The Morgan fingerprint density at radius 3 is 1.77 bits per heavy atom. The summed E-state index contributed by atoms with van der Waals surface area (Å²) in [5.74, 6) is 4.02. The Morgan fingerprint density at radius 2 is 1.42 bits per heavy atom. The molecule has 1 saturated carbocycles. The molecule has 2 atom stereocenters. The van der Waals surface area contributed by atoms with Crippen LogP contribution in [0.1, 0.15) is 172 Å². The van der Waals surface area contributed by atoms with Crippen molar-refractivity contribution in [2.45, 2.75) is 161 Å². The molecule has 0 saturated heterocycles. The number of likely N-dealkylation sites (N-methyl/N-ethyl adjacent to an activating group) is 1. The van der Waals surface area contributed by atoms with E-state index in [-0.39, 0.29) is 10.8 Å². The Kier molecular flexibility index (Phi) is 21.4. The molecule has 0 amide bonds.